The van der Waals surface area contributed by atoms with Gasteiger partial charge in [-0.15, -0.1) is 0 Å². The number of carboxylic acids is 1. The Kier molecular flexibility index (Phi) is 7.51. The summed E-state index contributed by atoms with van der Waals surface area (Å²) in [7, 11) is 2.61. The molecule has 3 rings (SSSR count). The largest absolute Gasteiger partial charge is 0.507 e. The number of aromatic hydroxyl groups is 1. The lowest BCUT2D eigenvalue weighted by Gasteiger charge is -2.17. The first-order valence-electron chi connectivity index (χ1n) is 10.2. The molecule has 0 radical (unpaired) electrons. The van der Waals surface area contributed by atoms with Crippen molar-refractivity contribution in [3.8, 4) is 28.7 Å². The maximum absolute atomic E-state index is 12.9. The number of carbonyl (C=O) groups excluding carboxylic acids is 2. The molecule has 184 valence electrons. The lowest BCUT2D eigenvalue weighted by Crippen LogP contribution is -2.24. The van der Waals surface area contributed by atoms with Crippen molar-refractivity contribution in [3.05, 3.63) is 71.3 Å². The fraction of sp³-hybridized carbons (Fsp3) is 0.0800. The molecular weight excluding hydrogens is 468 g/mol. The zero-order valence-corrected chi connectivity index (χ0v) is 19.1. The van der Waals surface area contributed by atoms with Crippen LogP contribution < -0.4 is 15.4 Å². The van der Waals surface area contributed by atoms with Crippen molar-refractivity contribution < 1.29 is 35.5 Å². The van der Waals surface area contributed by atoms with Crippen LogP contribution in [0.5, 0.6) is 11.5 Å². The van der Waals surface area contributed by atoms with E-state index in [9.17, 15) is 24.6 Å². The van der Waals surface area contributed by atoms with Crippen LogP contribution in [0.1, 0.15) is 22.9 Å². The highest BCUT2D eigenvalue weighted by Crippen LogP contribution is 2.39. The lowest BCUT2D eigenvalue weighted by molar-refractivity contribution is -0.110. The minimum absolute atomic E-state index is 0. The van der Waals surface area contributed by atoms with E-state index in [1.165, 1.54) is 32.4 Å². The molecule has 0 saturated carbocycles. The molecule has 0 saturated heterocycles. The van der Waals surface area contributed by atoms with Gasteiger partial charge in [-0.1, -0.05) is 18.2 Å². The standard InChI is InChI=1S/C25H20N4O7.H2/c1-35-21-6-4-3-5-14(21)15-10-17(20(30)11-19(15)29-25(34)36-2)22(27)23(31)28-18-8-7-13(12-26)9-16(18)24(32)33;/h3-11,27,30H,1-2H3,(H,28,31)(H,29,34)(H,32,33);1H. The second-order valence-corrected chi connectivity index (χ2v) is 7.24. The van der Waals surface area contributed by atoms with Gasteiger partial charge in [0.05, 0.1) is 42.8 Å². The number of benzene rings is 3. The number of para-hydroxylation sites is 1. The van der Waals surface area contributed by atoms with E-state index in [1.54, 1.807) is 24.3 Å². The number of hydrogen-bond acceptors (Lipinski definition) is 8. The summed E-state index contributed by atoms with van der Waals surface area (Å²) in [6, 6.07) is 14.7. The molecule has 0 bridgehead atoms. The van der Waals surface area contributed by atoms with Crippen molar-refractivity contribution in [2.45, 2.75) is 0 Å². The van der Waals surface area contributed by atoms with Gasteiger partial charge in [-0.05, 0) is 30.3 Å². The van der Waals surface area contributed by atoms with E-state index in [-0.39, 0.29) is 29.5 Å². The number of methoxy groups -OCH3 is 2. The monoisotopic (exact) mass is 490 g/mol. The highest BCUT2D eigenvalue weighted by atomic mass is 16.5. The van der Waals surface area contributed by atoms with Crippen molar-refractivity contribution in [2.75, 3.05) is 24.9 Å². The number of carboxylic acid groups (broad SMARTS) is 1. The Bertz CT molecular complexity index is 1430. The molecule has 0 spiro atoms. The average Bonchev–Trinajstić information content (AvgIpc) is 2.88. The third-order valence-corrected chi connectivity index (χ3v) is 5.08. The summed E-state index contributed by atoms with van der Waals surface area (Å²) in [4.78, 5) is 36.3. The second kappa shape index (κ2) is 10.7. The third kappa shape index (κ3) is 5.23. The number of nitriles is 1. The van der Waals surface area contributed by atoms with E-state index in [1.807, 2.05) is 6.07 Å². The molecule has 0 aliphatic rings. The van der Waals surface area contributed by atoms with Crippen LogP contribution >= 0.6 is 0 Å². The minimum Gasteiger partial charge on any atom is -0.507 e. The number of ether oxygens (including phenoxy) is 2. The zero-order valence-electron chi connectivity index (χ0n) is 19.1. The first kappa shape index (κ1) is 25.3. The molecule has 5 N–H and O–H groups in total. The van der Waals surface area contributed by atoms with Crippen LogP contribution in [0.3, 0.4) is 0 Å². The quantitative estimate of drug-likeness (QED) is 0.307. The van der Waals surface area contributed by atoms with Crippen LogP contribution in [0.2, 0.25) is 0 Å². The zero-order chi connectivity index (χ0) is 26.4. The van der Waals surface area contributed by atoms with Gasteiger partial charge in [0.1, 0.15) is 17.2 Å². The molecule has 0 aromatic heterocycles. The van der Waals surface area contributed by atoms with Gasteiger partial charge in [-0.25, -0.2) is 9.59 Å². The van der Waals surface area contributed by atoms with Crippen molar-refractivity contribution in [3.63, 3.8) is 0 Å². The maximum atomic E-state index is 12.9. The number of nitrogens with one attached hydrogen (secondary N) is 3. The van der Waals surface area contributed by atoms with E-state index in [4.69, 9.17) is 15.4 Å². The van der Waals surface area contributed by atoms with Crippen LogP contribution in [0, 0.1) is 16.7 Å². The Morgan fingerprint density at radius 2 is 1.69 bits per heavy atom. The van der Waals surface area contributed by atoms with Gasteiger partial charge < -0.3 is 25.0 Å². The average molecular weight is 490 g/mol. The molecular formula is C25H22N4O7. The number of amides is 2. The first-order valence-corrected chi connectivity index (χ1v) is 10.2. The first-order chi connectivity index (χ1) is 17.2. The number of aromatic carboxylic acids is 1. The number of phenols is 1. The Hall–Kier alpha value is -5.37. The number of anilines is 2. The van der Waals surface area contributed by atoms with Crippen molar-refractivity contribution in [1.82, 2.24) is 0 Å². The van der Waals surface area contributed by atoms with Crippen LogP contribution in [0.25, 0.3) is 11.1 Å². The van der Waals surface area contributed by atoms with Gasteiger partial charge in [0, 0.05) is 24.2 Å². The molecule has 0 aliphatic carbocycles. The predicted molar refractivity (Wildman–Crippen MR) is 132 cm³/mol. The summed E-state index contributed by atoms with van der Waals surface area (Å²) in [6.45, 7) is 0. The van der Waals surface area contributed by atoms with Crippen molar-refractivity contribution >= 4 is 35.1 Å². The fourth-order valence-electron chi connectivity index (χ4n) is 3.35. The van der Waals surface area contributed by atoms with Gasteiger partial charge in [0.25, 0.3) is 5.91 Å². The highest BCUT2D eigenvalue weighted by molar-refractivity contribution is 6.48. The number of phenolic OH excluding ortho intramolecular Hbond substituents is 1. The van der Waals surface area contributed by atoms with Crippen LogP contribution in [-0.2, 0) is 9.53 Å². The predicted octanol–water partition coefficient (Wildman–Crippen LogP) is 4.07. The molecule has 0 unspecified atom stereocenters. The van der Waals surface area contributed by atoms with Gasteiger partial charge in [0.2, 0.25) is 0 Å². The molecule has 0 atom stereocenters. The Morgan fingerprint density at radius 3 is 2.33 bits per heavy atom. The Balaban J connectivity index is 0.00000481. The number of hydrogen-bond donors (Lipinski definition) is 5. The molecule has 0 fully saturated rings. The van der Waals surface area contributed by atoms with E-state index >= 15 is 0 Å². The smallest absolute Gasteiger partial charge is 0.411 e. The highest BCUT2D eigenvalue weighted by Gasteiger charge is 2.23. The summed E-state index contributed by atoms with van der Waals surface area (Å²) in [5, 5.41) is 42.2. The number of rotatable bonds is 7. The lowest BCUT2D eigenvalue weighted by atomic mass is 9.96. The van der Waals surface area contributed by atoms with Gasteiger partial charge >= 0.3 is 12.1 Å². The van der Waals surface area contributed by atoms with Gasteiger partial charge in [-0.2, -0.15) is 5.26 Å². The topological polar surface area (TPSA) is 182 Å². The van der Waals surface area contributed by atoms with Crippen molar-refractivity contribution in [2.24, 2.45) is 0 Å². The van der Waals surface area contributed by atoms with E-state index in [2.05, 4.69) is 15.4 Å². The Morgan fingerprint density at radius 1 is 0.972 bits per heavy atom. The molecule has 36 heavy (non-hydrogen) atoms. The molecule has 11 heteroatoms. The maximum Gasteiger partial charge on any atom is 0.411 e. The van der Waals surface area contributed by atoms with E-state index in [0.29, 0.717) is 16.9 Å². The van der Waals surface area contributed by atoms with Crippen LogP contribution in [-0.4, -0.2) is 48.1 Å². The summed E-state index contributed by atoms with van der Waals surface area (Å²) in [6.07, 6.45) is -0.812. The SMILES string of the molecule is COC(=O)Nc1cc(O)c(C(=N)C(=O)Nc2ccc(C#N)cc2C(=O)O)cc1-c1ccccc1OC.[HH]. The molecule has 3 aromatic carbocycles. The molecule has 2 amide bonds. The molecule has 0 aliphatic heterocycles. The van der Waals surface area contributed by atoms with Crippen molar-refractivity contribution in [1.29, 1.82) is 10.7 Å². The van der Waals surface area contributed by atoms with E-state index in [0.717, 1.165) is 12.1 Å². The van der Waals surface area contributed by atoms with E-state index < -0.39 is 29.4 Å². The normalized spacial score (nSPS) is 10.0. The number of carbonyl (C=O) groups is 3. The second-order valence-electron chi connectivity index (χ2n) is 7.24. The number of nitrogens with zero attached hydrogens (tertiary/aromatic N) is 1. The van der Waals surface area contributed by atoms with Gasteiger partial charge in [0.15, 0.2) is 0 Å². The summed E-state index contributed by atoms with van der Waals surface area (Å²) in [5.74, 6) is -2.48. The fourth-order valence-corrected chi connectivity index (χ4v) is 3.35. The van der Waals surface area contributed by atoms with Crippen LogP contribution in [0.15, 0.2) is 54.6 Å². The molecule has 3 aromatic rings. The molecule has 0 heterocycles. The minimum atomic E-state index is -1.38. The summed E-state index contributed by atoms with van der Waals surface area (Å²) in [5.41, 5.74) is -0.358. The third-order valence-electron chi connectivity index (χ3n) is 5.08. The van der Waals surface area contributed by atoms with Crippen LogP contribution in [0.4, 0.5) is 16.2 Å². The Labute approximate surface area is 206 Å². The summed E-state index contributed by atoms with van der Waals surface area (Å²) >= 11 is 0. The molecule has 11 nitrogen and oxygen atoms in total. The van der Waals surface area contributed by atoms with Gasteiger partial charge in [-0.3, -0.25) is 15.5 Å². The summed E-state index contributed by atoms with van der Waals surface area (Å²) < 4.78 is 10.0.